The van der Waals surface area contributed by atoms with Crippen molar-refractivity contribution in [2.24, 2.45) is 5.73 Å². The number of rotatable bonds is 4. The number of primary amides is 1. The van der Waals surface area contributed by atoms with E-state index in [-0.39, 0.29) is 23.3 Å². The summed E-state index contributed by atoms with van der Waals surface area (Å²) >= 11 is 1.17. The van der Waals surface area contributed by atoms with Crippen LogP contribution < -0.4 is 15.2 Å². The molecule has 8 heteroatoms. The Bertz CT molecular complexity index is 602. The fraction of sp³-hybridized carbons (Fsp3) is 0.0909. The molecular formula is C11H9FN2O4S. The molecule has 0 aliphatic carbocycles. The molecule has 0 aliphatic rings. The highest BCUT2D eigenvalue weighted by Crippen LogP contribution is 2.28. The van der Waals surface area contributed by atoms with Crippen LogP contribution in [0.25, 0.3) is 0 Å². The van der Waals surface area contributed by atoms with Crippen LogP contribution in [-0.2, 0) is 6.61 Å². The summed E-state index contributed by atoms with van der Waals surface area (Å²) in [6.07, 6.45) is -1.10. The molecule has 3 N–H and O–H groups in total. The summed E-state index contributed by atoms with van der Waals surface area (Å²) in [4.78, 5) is 14.4. The first-order valence-corrected chi connectivity index (χ1v) is 5.96. The SMILES string of the molecule is NC(=O)Oc1ccc(Oc2nc(CO)cs2)cc1F. The zero-order chi connectivity index (χ0) is 13.8. The van der Waals surface area contributed by atoms with Gasteiger partial charge in [0.05, 0.1) is 12.3 Å². The van der Waals surface area contributed by atoms with Gasteiger partial charge >= 0.3 is 6.09 Å². The van der Waals surface area contributed by atoms with Gasteiger partial charge in [-0.15, -0.1) is 0 Å². The fourth-order valence-electron chi connectivity index (χ4n) is 1.24. The normalized spacial score (nSPS) is 10.2. The summed E-state index contributed by atoms with van der Waals surface area (Å²) < 4.78 is 23.2. The van der Waals surface area contributed by atoms with Crippen molar-refractivity contribution >= 4 is 17.4 Å². The predicted molar refractivity (Wildman–Crippen MR) is 64.7 cm³/mol. The Morgan fingerprint density at radius 2 is 2.32 bits per heavy atom. The minimum atomic E-state index is -1.10. The molecule has 2 rings (SSSR count). The van der Waals surface area contributed by atoms with Crippen LogP contribution in [0.2, 0.25) is 0 Å². The van der Waals surface area contributed by atoms with E-state index in [2.05, 4.69) is 9.72 Å². The molecule has 100 valence electrons. The van der Waals surface area contributed by atoms with Gasteiger partial charge < -0.3 is 20.3 Å². The van der Waals surface area contributed by atoms with E-state index in [1.807, 2.05) is 0 Å². The summed E-state index contributed by atoms with van der Waals surface area (Å²) in [6, 6.07) is 3.66. The second-order valence-electron chi connectivity index (χ2n) is 3.38. The number of hydrogen-bond donors (Lipinski definition) is 2. The number of amides is 1. The largest absolute Gasteiger partial charge is 0.431 e. The van der Waals surface area contributed by atoms with Crippen LogP contribution in [0.5, 0.6) is 16.7 Å². The summed E-state index contributed by atoms with van der Waals surface area (Å²) in [5.41, 5.74) is 5.25. The third-order valence-corrected chi connectivity index (χ3v) is 2.78. The topological polar surface area (TPSA) is 94.7 Å². The van der Waals surface area contributed by atoms with E-state index in [9.17, 15) is 9.18 Å². The van der Waals surface area contributed by atoms with Crippen molar-refractivity contribution in [2.75, 3.05) is 0 Å². The number of carbonyl (C=O) groups excluding carboxylic acids is 1. The van der Waals surface area contributed by atoms with Gasteiger partial charge in [-0.2, -0.15) is 0 Å². The first-order chi connectivity index (χ1) is 9.08. The number of benzene rings is 1. The van der Waals surface area contributed by atoms with Crippen molar-refractivity contribution < 1.29 is 23.8 Å². The molecule has 0 saturated carbocycles. The van der Waals surface area contributed by atoms with Gasteiger partial charge in [0.1, 0.15) is 5.75 Å². The highest BCUT2D eigenvalue weighted by atomic mass is 32.1. The van der Waals surface area contributed by atoms with Gasteiger partial charge in [-0.3, -0.25) is 0 Å². The number of carbonyl (C=O) groups is 1. The van der Waals surface area contributed by atoms with Crippen molar-refractivity contribution in [1.82, 2.24) is 4.98 Å². The maximum Gasteiger partial charge on any atom is 0.410 e. The number of halogens is 1. The van der Waals surface area contributed by atoms with Crippen LogP contribution >= 0.6 is 11.3 Å². The number of nitrogens with two attached hydrogens (primary N) is 1. The van der Waals surface area contributed by atoms with Crippen molar-refractivity contribution in [3.05, 3.63) is 35.1 Å². The zero-order valence-corrected chi connectivity index (χ0v) is 10.3. The van der Waals surface area contributed by atoms with E-state index in [1.165, 1.54) is 23.5 Å². The van der Waals surface area contributed by atoms with Gasteiger partial charge in [-0.25, -0.2) is 14.2 Å². The first-order valence-electron chi connectivity index (χ1n) is 5.08. The molecule has 6 nitrogen and oxygen atoms in total. The maximum atomic E-state index is 13.5. The van der Waals surface area contributed by atoms with Crippen LogP contribution in [0.3, 0.4) is 0 Å². The van der Waals surface area contributed by atoms with Crippen LogP contribution in [0.1, 0.15) is 5.69 Å². The Hall–Kier alpha value is -2.19. The van der Waals surface area contributed by atoms with Crippen molar-refractivity contribution in [3.63, 3.8) is 0 Å². The summed E-state index contributed by atoms with van der Waals surface area (Å²) in [5.74, 6) is -0.876. The summed E-state index contributed by atoms with van der Waals surface area (Å²) in [6.45, 7) is -0.195. The average Bonchev–Trinajstić information content (AvgIpc) is 2.80. The maximum absolute atomic E-state index is 13.5. The van der Waals surface area contributed by atoms with Crippen molar-refractivity contribution in [3.8, 4) is 16.7 Å². The summed E-state index contributed by atoms with van der Waals surface area (Å²) in [5, 5.41) is 10.7. The predicted octanol–water partition coefficient (Wildman–Crippen LogP) is 2.02. The highest BCUT2D eigenvalue weighted by molar-refractivity contribution is 7.11. The minimum Gasteiger partial charge on any atom is -0.431 e. The number of aliphatic hydroxyl groups is 1. The first kappa shape index (κ1) is 13.2. The Morgan fingerprint density at radius 1 is 1.53 bits per heavy atom. The van der Waals surface area contributed by atoms with Gasteiger partial charge in [0.25, 0.3) is 5.19 Å². The van der Waals surface area contributed by atoms with Gasteiger partial charge in [-0.1, -0.05) is 11.3 Å². The molecule has 0 bridgehead atoms. The number of thiazole rings is 1. The Morgan fingerprint density at radius 3 is 2.89 bits per heavy atom. The van der Waals surface area contributed by atoms with Crippen LogP contribution in [0.15, 0.2) is 23.6 Å². The molecule has 0 fully saturated rings. The second-order valence-corrected chi connectivity index (χ2v) is 4.20. The van der Waals surface area contributed by atoms with Crippen LogP contribution in [-0.4, -0.2) is 16.2 Å². The molecule has 1 heterocycles. The van der Waals surface area contributed by atoms with Crippen molar-refractivity contribution in [1.29, 1.82) is 0 Å². The standard InChI is InChI=1S/C11H9FN2O4S/c12-8-3-7(1-2-9(8)18-10(13)16)17-11-14-6(4-15)5-19-11/h1-3,5,15H,4H2,(H2,13,16). The molecule has 1 amide bonds. The highest BCUT2D eigenvalue weighted by Gasteiger charge is 2.10. The molecule has 0 saturated heterocycles. The molecule has 0 spiro atoms. The minimum absolute atomic E-state index is 0.188. The zero-order valence-electron chi connectivity index (χ0n) is 9.50. The number of aromatic nitrogens is 1. The Labute approximate surface area is 111 Å². The van der Waals surface area contributed by atoms with Crippen LogP contribution in [0.4, 0.5) is 9.18 Å². The summed E-state index contributed by atoms with van der Waals surface area (Å²) in [7, 11) is 0. The third-order valence-electron chi connectivity index (χ3n) is 2.01. The lowest BCUT2D eigenvalue weighted by molar-refractivity contribution is 0.208. The van der Waals surface area contributed by atoms with Gasteiger partial charge in [0.2, 0.25) is 0 Å². The monoisotopic (exact) mass is 284 g/mol. The number of hydrogen-bond acceptors (Lipinski definition) is 6. The van der Waals surface area contributed by atoms with E-state index in [0.717, 1.165) is 6.07 Å². The van der Waals surface area contributed by atoms with Crippen molar-refractivity contribution in [2.45, 2.75) is 6.61 Å². The lowest BCUT2D eigenvalue weighted by Gasteiger charge is -2.05. The van der Waals surface area contributed by atoms with E-state index >= 15 is 0 Å². The number of ether oxygens (including phenoxy) is 2. The second kappa shape index (κ2) is 5.63. The van der Waals surface area contributed by atoms with E-state index < -0.39 is 11.9 Å². The number of aliphatic hydroxyl groups excluding tert-OH is 1. The molecule has 0 unspecified atom stereocenters. The van der Waals surface area contributed by atoms with Gasteiger partial charge in [-0.05, 0) is 12.1 Å². The van der Waals surface area contributed by atoms with E-state index in [0.29, 0.717) is 5.69 Å². The molecule has 0 aliphatic heterocycles. The molecule has 19 heavy (non-hydrogen) atoms. The number of nitrogens with zero attached hydrogens (tertiary/aromatic N) is 1. The molecular weight excluding hydrogens is 275 g/mol. The Kier molecular flexibility index (Phi) is 3.93. The molecule has 0 radical (unpaired) electrons. The fourth-order valence-corrected chi connectivity index (χ4v) is 1.92. The molecule has 2 aromatic rings. The lowest BCUT2D eigenvalue weighted by atomic mass is 10.3. The molecule has 1 aromatic heterocycles. The lowest BCUT2D eigenvalue weighted by Crippen LogP contribution is -2.16. The van der Waals surface area contributed by atoms with Crippen LogP contribution in [0, 0.1) is 5.82 Å². The van der Waals surface area contributed by atoms with Gasteiger partial charge in [0, 0.05) is 11.4 Å². The molecule has 0 atom stereocenters. The quantitative estimate of drug-likeness (QED) is 0.895. The van der Waals surface area contributed by atoms with E-state index in [4.69, 9.17) is 15.6 Å². The van der Waals surface area contributed by atoms with E-state index in [1.54, 1.807) is 5.38 Å². The third kappa shape index (κ3) is 3.39. The Balaban J connectivity index is 2.13. The average molecular weight is 284 g/mol. The molecule has 1 aromatic carbocycles. The van der Waals surface area contributed by atoms with Gasteiger partial charge in [0.15, 0.2) is 11.6 Å². The smallest absolute Gasteiger partial charge is 0.410 e.